The molecule has 0 aliphatic carbocycles. The fourth-order valence-electron chi connectivity index (χ4n) is 1.08. The van der Waals surface area contributed by atoms with Gasteiger partial charge in [-0.1, -0.05) is 13.8 Å². The Labute approximate surface area is 78.1 Å². The SMILES string of the molecule is Cc1ccsc1CC(C)(C)CO. The van der Waals surface area contributed by atoms with Crippen molar-refractivity contribution < 1.29 is 5.11 Å². The summed E-state index contributed by atoms with van der Waals surface area (Å²) in [5, 5.41) is 11.2. The molecule has 68 valence electrons. The average molecular weight is 184 g/mol. The van der Waals surface area contributed by atoms with Gasteiger partial charge in [-0.15, -0.1) is 11.3 Å². The quantitative estimate of drug-likeness (QED) is 0.765. The first-order valence-corrected chi connectivity index (χ1v) is 5.07. The molecule has 0 amide bonds. The molecular formula is C10H16OS. The van der Waals surface area contributed by atoms with Crippen LogP contribution >= 0.6 is 11.3 Å². The van der Waals surface area contributed by atoms with Crippen LogP contribution in [-0.4, -0.2) is 11.7 Å². The van der Waals surface area contributed by atoms with Gasteiger partial charge in [-0.25, -0.2) is 0 Å². The Morgan fingerprint density at radius 3 is 2.58 bits per heavy atom. The first-order chi connectivity index (χ1) is 5.55. The Bertz CT molecular complexity index is 250. The molecule has 1 aromatic rings. The maximum Gasteiger partial charge on any atom is 0.0485 e. The van der Waals surface area contributed by atoms with Gasteiger partial charge in [-0.05, 0) is 35.8 Å². The fraction of sp³-hybridized carbons (Fsp3) is 0.600. The molecule has 1 aromatic heterocycles. The van der Waals surface area contributed by atoms with E-state index in [0.29, 0.717) is 0 Å². The predicted octanol–water partition coefficient (Wildman–Crippen LogP) is 2.62. The molecule has 1 nitrogen and oxygen atoms in total. The molecule has 0 spiro atoms. The van der Waals surface area contributed by atoms with E-state index in [1.165, 1.54) is 10.4 Å². The monoisotopic (exact) mass is 184 g/mol. The topological polar surface area (TPSA) is 20.2 Å². The molecule has 1 N–H and O–H groups in total. The number of rotatable bonds is 3. The molecule has 0 bridgehead atoms. The third-order valence-electron chi connectivity index (χ3n) is 2.04. The van der Waals surface area contributed by atoms with Crippen LogP contribution in [-0.2, 0) is 6.42 Å². The molecule has 0 atom stereocenters. The fourth-order valence-corrected chi connectivity index (χ4v) is 2.24. The minimum Gasteiger partial charge on any atom is -0.396 e. The minimum absolute atomic E-state index is 0.0234. The van der Waals surface area contributed by atoms with E-state index in [4.69, 9.17) is 5.11 Å². The van der Waals surface area contributed by atoms with Gasteiger partial charge in [0, 0.05) is 11.5 Å². The van der Waals surface area contributed by atoms with Crippen molar-refractivity contribution in [3.8, 4) is 0 Å². The zero-order chi connectivity index (χ0) is 9.19. The van der Waals surface area contributed by atoms with Gasteiger partial charge in [0.2, 0.25) is 0 Å². The lowest BCUT2D eigenvalue weighted by atomic mass is 9.89. The van der Waals surface area contributed by atoms with Crippen molar-refractivity contribution in [3.63, 3.8) is 0 Å². The lowest BCUT2D eigenvalue weighted by Gasteiger charge is -2.20. The summed E-state index contributed by atoms with van der Waals surface area (Å²) >= 11 is 1.78. The highest BCUT2D eigenvalue weighted by Gasteiger charge is 2.18. The van der Waals surface area contributed by atoms with Crippen LogP contribution in [0.1, 0.15) is 24.3 Å². The second-order valence-corrected chi connectivity index (χ2v) is 5.03. The van der Waals surface area contributed by atoms with Crippen LogP contribution in [0.2, 0.25) is 0 Å². The molecule has 12 heavy (non-hydrogen) atoms. The maximum absolute atomic E-state index is 9.09. The molecule has 1 heterocycles. The summed E-state index contributed by atoms with van der Waals surface area (Å²) in [6, 6.07) is 2.13. The maximum atomic E-state index is 9.09. The van der Waals surface area contributed by atoms with Gasteiger partial charge >= 0.3 is 0 Å². The number of aliphatic hydroxyl groups excluding tert-OH is 1. The molecule has 0 aliphatic rings. The van der Waals surface area contributed by atoms with E-state index < -0.39 is 0 Å². The Kier molecular flexibility index (Phi) is 2.91. The van der Waals surface area contributed by atoms with Gasteiger partial charge in [0.05, 0.1) is 0 Å². The summed E-state index contributed by atoms with van der Waals surface area (Å²) in [6.07, 6.45) is 0.979. The molecule has 0 aliphatic heterocycles. The summed E-state index contributed by atoms with van der Waals surface area (Å²) in [4.78, 5) is 1.40. The number of hydrogen-bond donors (Lipinski definition) is 1. The van der Waals surface area contributed by atoms with Crippen molar-refractivity contribution in [1.82, 2.24) is 0 Å². The molecular weight excluding hydrogens is 168 g/mol. The van der Waals surface area contributed by atoms with E-state index in [0.717, 1.165) is 6.42 Å². The van der Waals surface area contributed by atoms with Crippen molar-refractivity contribution in [2.75, 3.05) is 6.61 Å². The lowest BCUT2D eigenvalue weighted by Crippen LogP contribution is -2.19. The second kappa shape index (κ2) is 3.58. The van der Waals surface area contributed by atoms with Crippen LogP contribution in [0, 0.1) is 12.3 Å². The Morgan fingerprint density at radius 2 is 2.17 bits per heavy atom. The predicted molar refractivity (Wildman–Crippen MR) is 53.6 cm³/mol. The van der Waals surface area contributed by atoms with Crippen LogP contribution in [0.4, 0.5) is 0 Å². The van der Waals surface area contributed by atoms with E-state index in [1.54, 1.807) is 11.3 Å². The largest absolute Gasteiger partial charge is 0.396 e. The van der Waals surface area contributed by atoms with Crippen LogP contribution < -0.4 is 0 Å². The highest BCUT2D eigenvalue weighted by molar-refractivity contribution is 7.10. The first kappa shape index (κ1) is 9.75. The highest BCUT2D eigenvalue weighted by Crippen LogP contribution is 2.26. The van der Waals surface area contributed by atoms with Crippen LogP contribution in [0.25, 0.3) is 0 Å². The van der Waals surface area contributed by atoms with Crippen molar-refractivity contribution in [3.05, 3.63) is 21.9 Å². The van der Waals surface area contributed by atoms with Crippen LogP contribution in [0.5, 0.6) is 0 Å². The summed E-state index contributed by atoms with van der Waals surface area (Å²) in [5.74, 6) is 0. The first-order valence-electron chi connectivity index (χ1n) is 4.19. The van der Waals surface area contributed by atoms with Crippen molar-refractivity contribution in [1.29, 1.82) is 0 Å². The second-order valence-electron chi connectivity index (χ2n) is 4.03. The summed E-state index contributed by atoms with van der Waals surface area (Å²) in [5.41, 5.74) is 1.37. The zero-order valence-corrected chi connectivity index (χ0v) is 8.74. The van der Waals surface area contributed by atoms with E-state index in [9.17, 15) is 0 Å². The number of hydrogen-bond acceptors (Lipinski definition) is 2. The van der Waals surface area contributed by atoms with E-state index in [-0.39, 0.29) is 12.0 Å². The smallest absolute Gasteiger partial charge is 0.0485 e. The van der Waals surface area contributed by atoms with Crippen LogP contribution in [0.3, 0.4) is 0 Å². The third kappa shape index (κ3) is 2.32. The van der Waals surface area contributed by atoms with Gasteiger partial charge in [0.15, 0.2) is 0 Å². The molecule has 0 saturated carbocycles. The van der Waals surface area contributed by atoms with Gasteiger partial charge in [0.1, 0.15) is 0 Å². The number of aryl methyl sites for hydroxylation is 1. The minimum atomic E-state index is 0.0234. The molecule has 2 heteroatoms. The summed E-state index contributed by atoms with van der Waals surface area (Å²) in [6.45, 7) is 6.56. The highest BCUT2D eigenvalue weighted by atomic mass is 32.1. The Morgan fingerprint density at radius 1 is 1.50 bits per heavy atom. The van der Waals surface area contributed by atoms with Crippen molar-refractivity contribution >= 4 is 11.3 Å². The third-order valence-corrected chi connectivity index (χ3v) is 3.06. The van der Waals surface area contributed by atoms with Gasteiger partial charge in [-0.2, -0.15) is 0 Å². The normalized spacial score (nSPS) is 12.0. The molecule has 0 radical (unpaired) electrons. The van der Waals surface area contributed by atoms with Gasteiger partial charge in [0.25, 0.3) is 0 Å². The zero-order valence-electron chi connectivity index (χ0n) is 7.92. The van der Waals surface area contributed by atoms with Crippen LogP contribution in [0.15, 0.2) is 11.4 Å². The summed E-state index contributed by atoms with van der Waals surface area (Å²) in [7, 11) is 0. The molecule has 1 rings (SSSR count). The van der Waals surface area contributed by atoms with E-state index >= 15 is 0 Å². The Hall–Kier alpha value is -0.340. The van der Waals surface area contributed by atoms with Gasteiger partial charge in [-0.3, -0.25) is 0 Å². The van der Waals surface area contributed by atoms with E-state index in [1.807, 2.05) is 0 Å². The lowest BCUT2D eigenvalue weighted by molar-refractivity contribution is 0.160. The number of thiophene rings is 1. The molecule has 0 aromatic carbocycles. The Balaban J connectivity index is 2.70. The van der Waals surface area contributed by atoms with Crippen molar-refractivity contribution in [2.45, 2.75) is 27.2 Å². The summed E-state index contributed by atoms with van der Waals surface area (Å²) < 4.78 is 0. The molecule has 0 unspecified atom stereocenters. The number of aliphatic hydroxyl groups is 1. The average Bonchev–Trinajstić information content (AvgIpc) is 2.36. The van der Waals surface area contributed by atoms with Crippen molar-refractivity contribution in [2.24, 2.45) is 5.41 Å². The van der Waals surface area contributed by atoms with E-state index in [2.05, 4.69) is 32.2 Å². The molecule has 0 fully saturated rings. The van der Waals surface area contributed by atoms with Gasteiger partial charge < -0.3 is 5.11 Å². The molecule has 0 saturated heterocycles. The standard InChI is InChI=1S/C10H16OS/c1-8-4-5-12-9(8)6-10(2,3)7-11/h4-5,11H,6-7H2,1-3H3.